The van der Waals surface area contributed by atoms with Gasteiger partial charge in [0.2, 0.25) is 0 Å². The van der Waals surface area contributed by atoms with Crippen LogP contribution in [0.2, 0.25) is 0 Å². The van der Waals surface area contributed by atoms with E-state index in [4.69, 9.17) is 0 Å². The Hall–Kier alpha value is -3.29. The normalized spacial score (nSPS) is 12.0. The topological polar surface area (TPSA) is 46.8 Å². The highest BCUT2D eigenvalue weighted by atomic mass is 19.4. The van der Waals surface area contributed by atoms with Crippen molar-refractivity contribution in [1.82, 2.24) is 9.47 Å². The zero-order valence-electron chi connectivity index (χ0n) is 17.1. The first kappa shape index (κ1) is 21.4. The predicted molar refractivity (Wildman–Crippen MR) is 111 cm³/mol. The average molecular weight is 417 g/mol. The zero-order valence-corrected chi connectivity index (χ0v) is 17.1. The fourth-order valence-corrected chi connectivity index (χ4v) is 3.04. The maximum atomic E-state index is 13.1. The quantitative estimate of drug-likeness (QED) is 0.409. The highest BCUT2D eigenvalue weighted by Gasteiger charge is 2.31. The Morgan fingerprint density at radius 3 is 2.57 bits per heavy atom. The first-order valence-corrected chi connectivity index (χ1v) is 9.36. The highest BCUT2D eigenvalue weighted by Crippen LogP contribution is 2.29. The van der Waals surface area contributed by atoms with Crippen LogP contribution in [0.25, 0.3) is 10.9 Å². The van der Waals surface area contributed by atoms with E-state index < -0.39 is 6.36 Å². The second-order valence-electron chi connectivity index (χ2n) is 7.03. The van der Waals surface area contributed by atoms with Gasteiger partial charge in [-0.25, -0.2) is 4.99 Å². The van der Waals surface area contributed by atoms with Gasteiger partial charge in [-0.05, 0) is 68.3 Å². The van der Waals surface area contributed by atoms with Crippen LogP contribution in [0.1, 0.15) is 28.4 Å². The van der Waals surface area contributed by atoms with Crippen LogP contribution in [0.15, 0.2) is 47.6 Å². The minimum absolute atomic E-state index is 0.267. The van der Waals surface area contributed by atoms with Gasteiger partial charge in [0.05, 0.1) is 17.5 Å². The van der Waals surface area contributed by atoms with Crippen molar-refractivity contribution in [1.29, 1.82) is 0 Å². The molecule has 0 N–H and O–H groups in total. The smallest absolute Gasteiger partial charge is 0.406 e. The van der Waals surface area contributed by atoms with Crippen LogP contribution in [0, 0.1) is 13.8 Å². The molecular formula is C22H22F3N3O2. The number of fused-ring (bicyclic) bond motifs is 1. The van der Waals surface area contributed by atoms with Gasteiger partial charge in [-0.3, -0.25) is 9.36 Å². The molecule has 0 spiro atoms. The van der Waals surface area contributed by atoms with E-state index in [-0.39, 0.29) is 11.7 Å². The van der Waals surface area contributed by atoms with E-state index >= 15 is 0 Å². The van der Waals surface area contributed by atoms with Gasteiger partial charge in [-0.1, -0.05) is 0 Å². The fourth-order valence-electron chi connectivity index (χ4n) is 3.04. The molecule has 0 unspecified atom stereocenters. The summed E-state index contributed by atoms with van der Waals surface area (Å²) in [5, 5.41) is 0.475. The van der Waals surface area contributed by atoms with Gasteiger partial charge in [0, 0.05) is 30.7 Å². The maximum absolute atomic E-state index is 13.1. The third-order valence-electron chi connectivity index (χ3n) is 4.78. The van der Waals surface area contributed by atoms with Crippen molar-refractivity contribution in [3.63, 3.8) is 0 Å². The van der Waals surface area contributed by atoms with Crippen LogP contribution in [0.5, 0.6) is 5.75 Å². The first-order valence-electron chi connectivity index (χ1n) is 9.36. The summed E-state index contributed by atoms with van der Waals surface area (Å²) in [4.78, 5) is 19.5. The van der Waals surface area contributed by atoms with E-state index in [2.05, 4.69) is 9.73 Å². The molecule has 0 saturated carbocycles. The third-order valence-corrected chi connectivity index (χ3v) is 4.78. The van der Waals surface area contributed by atoms with E-state index in [9.17, 15) is 18.0 Å². The molecule has 0 bridgehead atoms. The SMILES string of the molecule is CCN(C)C=Nc1cc(C)c(C(=O)n2ccc3cc(OC(F)(F)F)ccc32)cc1C. The number of rotatable bonds is 5. The Kier molecular flexibility index (Phi) is 5.87. The van der Waals surface area contributed by atoms with E-state index in [0.717, 1.165) is 23.4 Å². The number of aliphatic imine (C=N–C) groups is 1. The van der Waals surface area contributed by atoms with Crippen molar-refractivity contribution in [3.05, 3.63) is 59.3 Å². The Bertz CT molecular complexity index is 1120. The summed E-state index contributed by atoms with van der Waals surface area (Å²) in [5.74, 6) is -0.595. The van der Waals surface area contributed by atoms with Crippen LogP contribution in [0.4, 0.5) is 18.9 Å². The molecule has 5 nitrogen and oxygen atoms in total. The van der Waals surface area contributed by atoms with Crippen LogP contribution < -0.4 is 4.74 Å². The summed E-state index contributed by atoms with van der Waals surface area (Å²) in [5.41, 5.74) is 3.38. The van der Waals surface area contributed by atoms with Gasteiger partial charge < -0.3 is 9.64 Å². The average Bonchev–Trinajstić information content (AvgIpc) is 3.09. The molecular weight excluding hydrogens is 395 g/mol. The number of ether oxygens (including phenoxy) is 1. The second kappa shape index (κ2) is 8.22. The lowest BCUT2D eigenvalue weighted by Crippen LogP contribution is -2.17. The van der Waals surface area contributed by atoms with Crippen LogP contribution in [-0.2, 0) is 0 Å². The summed E-state index contributed by atoms with van der Waals surface area (Å²) in [6.07, 6.45) is -1.48. The van der Waals surface area contributed by atoms with Gasteiger partial charge >= 0.3 is 6.36 Å². The molecule has 0 aliphatic carbocycles. The van der Waals surface area contributed by atoms with Crippen molar-refractivity contribution in [2.45, 2.75) is 27.1 Å². The number of hydrogen-bond donors (Lipinski definition) is 0. The van der Waals surface area contributed by atoms with Crippen molar-refractivity contribution in [3.8, 4) is 5.75 Å². The summed E-state index contributed by atoms with van der Waals surface area (Å²) in [7, 11) is 1.92. The zero-order chi connectivity index (χ0) is 22.1. The predicted octanol–water partition coefficient (Wildman–Crippen LogP) is 5.46. The van der Waals surface area contributed by atoms with E-state index in [1.165, 1.54) is 22.8 Å². The molecule has 158 valence electrons. The molecule has 0 saturated heterocycles. The van der Waals surface area contributed by atoms with Gasteiger partial charge in [-0.2, -0.15) is 0 Å². The van der Waals surface area contributed by atoms with Gasteiger partial charge in [0.25, 0.3) is 5.91 Å². The van der Waals surface area contributed by atoms with Crippen molar-refractivity contribution < 1.29 is 22.7 Å². The lowest BCUT2D eigenvalue weighted by Gasteiger charge is -2.12. The third kappa shape index (κ3) is 4.64. The number of carbonyl (C=O) groups is 1. The van der Waals surface area contributed by atoms with Gasteiger partial charge in [-0.15, -0.1) is 13.2 Å². The minimum atomic E-state index is -4.77. The van der Waals surface area contributed by atoms with Crippen molar-refractivity contribution in [2.75, 3.05) is 13.6 Å². The van der Waals surface area contributed by atoms with Crippen molar-refractivity contribution in [2.24, 2.45) is 4.99 Å². The van der Waals surface area contributed by atoms with E-state index in [1.54, 1.807) is 24.7 Å². The minimum Gasteiger partial charge on any atom is -0.406 e. The molecule has 30 heavy (non-hydrogen) atoms. The Labute approximate surface area is 172 Å². The number of halogens is 3. The van der Waals surface area contributed by atoms with E-state index in [1.807, 2.05) is 38.8 Å². The molecule has 0 aliphatic heterocycles. The monoisotopic (exact) mass is 417 g/mol. The van der Waals surface area contributed by atoms with Crippen LogP contribution >= 0.6 is 0 Å². The van der Waals surface area contributed by atoms with Crippen molar-refractivity contribution >= 4 is 28.8 Å². The molecule has 2 aromatic carbocycles. The summed E-state index contributed by atoms with van der Waals surface area (Å²) < 4.78 is 42.7. The molecule has 3 rings (SSSR count). The van der Waals surface area contributed by atoms with Crippen LogP contribution in [-0.4, -0.2) is 41.7 Å². The first-order chi connectivity index (χ1) is 14.1. The standard InChI is InChI=1S/C22H22F3N3O2/c1-5-27(4)13-26-19-11-14(2)18(10-15(19)3)21(29)28-9-8-16-12-17(6-7-20(16)28)30-22(23,24)25/h6-13H,5H2,1-4H3. The second-order valence-corrected chi connectivity index (χ2v) is 7.03. The summed E-state index contributed by atoms with van der Waals surface area (Å²) in [6.45, 7) is 6.56. The lowest BCUT2D eigenvalue weighted by molar-refractivity contribution is -0.274. The Morgan fingerprint density at radius 1 is 1.17 bits per heavy atom. The largest absolute Gasteiger partial charge is 0.573 e. The molecule has 8 heteroatoms. The molecule has 1 heterocycles. The van der Waals surface area contributed by atoms with Gasteiger partial charge in [0.15, 0.2) is 0 Å². The molecule has 1 aromatic heterocycles. The highest BCUT2D eigenvalue weighted by molar-refractivity contribution is 6.03. The lowest BCUT2D eigenvalue weighted by atomic mass is 10.0. The summed E-state index contributed by atoms with van der Waals surface area (Å²) in [6, 6.07) is 9.10. The molecule has 0 amide bonds. The van der Waals surface area contributed by atoms with E-state index in [0.29, 0.717) is 16.5 Å². The summed E-state index contributed by atoms with van der Waals surface area (Å²) >= 11 is 0. The Morgan fingerprint density at radius 2 is 1.90 bits per heavy atom. The number of aryl methyl sites for hydroxylation is 2. The van der Waals surface area contributed by atoms with Crippen LogP contribution in [0.3, 0.4) is 0 Å². The fraction of sp³-hybridized carbons (Fsp3) is 0.273. The number of hydrogen-bond acceptors (Lipinski definition) is 3. The number of aromatic nitrogens is 1. The molecule has 0 radical (unpaired) electrons. The maximum Gasteiger partial charge on any atom is 0.573 e. The Balaban J connectivity index is 1.94. The molecule has 0 fully saturated rings. The number of carbonyl (C=O) groups excluding carboxylic acids is 1. The number of alkyl halides is 3. The number of benzene rings is 2. The number of nitrogens with zero attached hydrogens (tertiary/aromatic N) is 3. The molecule has 0 atom stereocenters. The van der Waals surface area contributed by atoms with Gasteiger partial charge in [0.1, 0.15) is 5.75 Å². The molecule has 0 aliphatic rings. The molecule has 3 aromatic rings.